The lowest BCUT2D eigenvalue weighted by Gasteiger charge is -2.33. The van der Waals surface area contributed by atoms with Gasteiger partial charge in [-0.15, -0.1) is 12.4 Å². The number of nitrogens with one attached hydrogen (secondary N) is 1. The highest BCUT2D eigenvalue weighted by Crippen LogP contribution is 2.47. The van der Waals surface area contributed by atoms with Crippen LogP contribution in [0.1, 0.15) is 44.1 Å². The van der Waals surface area contributed by atoms with E-state index in [1.54, 1.807) is 30.3 Å². The van der Waals surface area contributed by atoms with Crippen LogP contribution in [0.4, 0.5) is 8.78 Å². The number of hydrogen-bond acceptors (Lipinski definition) is 4. The Morgan fingerprint density at radius 2 is 2.07 bits per heavy atom. The Hall–Kier alpha value is -1.73. The number of likely N-dealkylation sites (tertiary alicyclic amines) is 1. The van der Waals surface area contributed by atoms with Crippen molar-refractivity contribution < 1.29 is 23.4 Å². The van der Waals surface area contributed by atoms with E-state index < -0.39 is 29.8 Å². The third-order valence-corrected chi connectivity index (χ3v) is 6.01. The summed E-state index contributed by atoms with van der Waals surface area (Å²) in [5.74, 6) is -4.28. The summed E-state index contributed by atoms with van der Waals surface area (Å²) in [5, 5.41) is 18.6. The lowest BCUT2D eigenvalue weighted by atomic mass is 9.80. The average molecular weight is 431 g/mol. The van der Waals surface area contributed by atoms with Crippen LogP contribution in [0.25, 0.3) is 0 Å². The number of halogens is 3. The monoisotopic (exact) mass is 430 g/mol. The summed E-state index contributed by atoms with van der Waals surface area (Å²) in [7, 11) is 0. The predicted molar refractivity (Wildman–Crippen MR) is 109 cm³/mol. The van der Waals surface area contributed by atoms with Crippen LogP contribution in [-0.4, -0.2) is 47.9 Å². The van der Waals surface area contributed by atoms with Gasteiger partial charge >= 0.3 is 5.97 Å². The molecule has 1 aliphatic carbocycles. The number of rotatable bonds is 7. The Morgan fingerprint density at radius 3 is 2.69 bits per heavy atom. The molecule has 1 saturated heterocycles. The molecular weight excluding hydrogens is 402 g/mol. The number of piperidine rings is 1. The van der Waals surface area contributed by atoms with Crippen molar-refractivity contribution in [1.29, 1.82) is 5.41 Å². The zero-order valence-electron chi connectivity index (χ0n) is 16.4. The summed E-state index contributed by atoms with van der Waals surface area (Å²) in [4.78, 5) is 14.8. The number of aliphatic hydroxyl groups is 1. The molecule has 8 heteroatoms. The van der Waals surface area contributed by atoms with Crippen LogP contribution < -0.4 is 0 Å². The molecule has 3 rings (SSSR count). The van der Waals surface area contributed by atoms with Crippen LogP contribution in [0, 0.1) is 17.2 Å². The van der Waals surface area contributed by atoms with Crippen molar-refractivity contribution in [3.63, 3.8) is 0 Å². The largest absolute Gasteiger partial charge is 0.463 e. The zero-order valence-corrected chi connectivity index (χ0v) is 17.2. The topological polar surface area (TPSA) is 73.6 Å². The fourth-order valence-electron chi connectivity index (χ4n) is 4.40. The van der Waals surface area contributed by atoms with E-state index in [0.29, 0.717) is 17.9 Å². The summed E-state index contributed by atoms with van der Waals surface area (Å²) in [5.41, 5.74) is -1.76. The summed E-state index contributed by atoms with van der Waals surface area (Å²) >= 11 is 0. The highest BCUT2D eigenvalue weighted by Gasteiger charge is 2.54. The molecule has 0 spiro atoms. The quantitative estimate of drug-likeness (QED) is 0.390. The first-order chi connectivity index (χ1) is 13.3. The fraction of sp³-hybridized carbons (Fsp3) is 0.619. The van der Waals surface area contributed by atoms with Crippen molar-refractivity contribution in [3.8, 4) is 0 Å². The molecule has 0 radical (unpaired) electrons. The first kappa shape index (κ1) is 23.5. The van der Waals surface area contributed by atoms with Crippen molar-refractivity contribution in [2.75, 3.05) is 19.7 Å². The van der Waals surface area contributed by atoms with Gasteiger partial charge in [0.15, 0.2) is 5.60 Å². The van der Waals surface area contributed by atoms with E-state index in [2.05, 4.69) is 0 Å². The molecule has 3 atom stereocenters. The van der Waals surface area contributed by atoms with E-state index in [1.165, 1.54) is 6.34 Å². The highest BCUT2D eigenvalue weighted by molar-refractivity contribution is 5.85. The van der Waals surface area contributed by atoms with Crippen LogP contribution in [0.2, 0.25) is 0 Å². The Balaban J connectivity index is 0.00000300. The average Bonchev–Trinajstić information content (AvgIpc) is 3.08. The molecule has 0 unspecified atom stereocenters. The standard InChI is InChI=1S/C21H28F2N2O3.ClH/c22-20(23)10-8-18(13-20)21(27,17-6-2-1-3-7-17)19(26)28-12-9-16-5-4-11-25(14-16)15-24;/h1-3,6-7,15-16,18,24,27H,4-5,8-14H2;1H/t16-,18-,21+;/m1./s1. The minimum atomic E-state index is -2.87. The molecule has 2 fully saturated rings. The number of carbonyl (C=O) groups is 1. The van der Waals surface area contributed by atoms with Gasteiger partial charge in [0.05, 0.1) is 12.9 Å². The minimum Gasteiger partial charge on any atom is -0.463 e. The van der Waals surface area contributed by atoms with E-state index in [9.17, 15) is 18.7 Å². The molecule has 1 saturated carbocycles. The third kappa shape index (κ3) is 5.45. The number of ether oxygens (including phenoxy) is 1. The fourth-order valence-corrected chi connectivity index (χ4v) is 4.40. The molecule has 1 aliphatic heterocycles. The first-order valence-corrected chi connectivity index (χ1v) is 9.93. The summed E-state index contributed by atoms with van der Waals surface area (Å²) in [6.07, 6.45) is 3.16. The van der Waals surface area contributed by atoms with Crippen LogP contribution in [-0.2, 0) is 15.1 Å². The maximum atomic E-state index is 13.8. The second-order valence-corrected chi connectivity index (χ2v) is 7.98. The molecule has 0 aromatic heterocycles. The van der Waals surface area contributed by atoms with Gasteiger partial charge in [0.25, 0.3) is 0 Å². The molecule has 1 aromatic rings. The number of esters is 1. The molecule has 2 N–H and O–H groups in total. The molecule has 1 aromatic carbocycles. The normalized spacial score (nSPS) is 25.6. The number of alkyl halides is 2. The van der Waals surface area contributed by atoms with E-state index >= 15 is 0 Å². The summed E-state index contributed by atoms with van der Waals surface area (Å²) < 4.78 is 33.0. The van der Waals surface area contributed by atoms with Gasteiger partial charge in [0, 0.05) is 31.8 Å². The second kappa shape index (κ2) is 9.85. The Kier molecular flexibility index (Phi) is 8.00. The van der Waals surface area contributed by atoms with E-state index in [1.807, 2.05) is 4.90 Å². The molecule has 0 bridgehead atoms. The van der Waals surface area contributed by atoms with E-state index in [-0.39, 0.29) is 31.9 Å². The van der Waals surface area contributed by atoms with Gasteiger partial charge in [-0.2, -0.15) is 0 Å². The van der Waals surface area contributed by atoms with Gasteiger partial charge in [-0.05, 0) is 37.2 Å². The lowest BCUT2D eigenvalue weighted by molar-refractivity contribution is -0.175. The van der Waals surface area contributed by atoms with Crippen molar-refractivity contribution in [2.45, 2.75) is 50.0 Å². The van der Waals surface area contributed by atoms with Crippen LogP contribution in [0.3, 0.4) is 0 Å². The third-order valence-electron chi connectivity index (χ3n) is 6.01. The van der Waals surface area contributed by atoms with Crippen LogP contribution >= 0.6 is 12.4 Å². The van der Waals surface area contributed by atoms with Gasteiger partial charge < -0.3 is 14.7 Å². The highest BCUT2D eigenvalue weighted by atomic mass is 35.5. The Morgan fingerprint density at radius 1 is 1.34 bits per heavy atom. The number of hydrogen-bond donors (Lipinski definition) is 2. The SMILES string of the molecule is Cl.N=CN1CCC[C@H](CCOC(=O)[C@](O)(c2ccccc2)[C@@H]2CCC(F)(F)C2)C1. The molecule has 5 nitrogen and oxygen atoms in total. The maximum absolute atomic E-state index is 13.8. The van der Waals surface area contributed by atoms with Crippen molar-refractivity contribution in [1.82, 2.24) is 4.90 Å². The minimum absolute atomic E-state index is 0. The molecule has 1 heterocycles. The number of carbonyl (C=O) groups excluding carboxylic acids is 1. The molecule has 162 valence electrons. The summed E-state index contributed by atoms with van der Waals surface area (Å²) in [6, 6.07) is 8.27. The first-order valence-electron chi connectivity index (χ1n) is 9.93. The number of benzene rings is 1. The Labute approximate surface area is 176 Å². The Bertz CT molecular complexity index is 692. The van der Waals surface area contributed by atoms with Gasteiger partial charge in [0.2, 0.25) is 5.92 Å². The molecule has 0 amide bonds. The van der Waals surface area contributed by atoms with Crippen LogP contribution in [0.5, 0.6) is 0 Å². The smallest absolute Gasteiger partial charge is 0.343 e. The van der Waals surface area contributed by atoms with E-state index in [0.717, 1.165) is 25.9 Å². The van der Waals surface area contributed by atoms with Gasteiger partial charge in [0.1, 0.15) is 0 Å². The van der Waals surface area contributed by atoms with E-state index in [4.69, 9.17) is 10.1 Å². The number of nitrogens with zero attached hydrogens (tertiary/aromatic N) is 1. The zero-order chi connectivity index (χ0) is 20.2. The van der Waals surface area contributed by atoms with Gasteiger partial charge in [-0.25, -0.2) is 13.6 Å². The maximum Gasteiger partial charge on any atom is 0.343 e. The molecule has 2 aliphatic rings. The van der Waals surface area contributed by atoms with Crippen LogP contribution in [0.15, 0.2) is 30.3 Å². The van der Waals surface area contributed by atoms with Crippen molar-refractivity contribution in [3.05, 3.63) is 35.9 Å². The van der Waals surface area contributed by atoms with Gasteiger partial charge in [-0.3, -0.25) is 5.41 Å². The summed E-state index contributed by atoms with van der Waals surface area (Å²) in [6.45, 7) is 1.75. The van der Waals surface area contributed by atoms with Gasteiger partial charge in [-0.1, -0.05) is 30.3 Å². The van der Waals surface area contributed by atoms with Crippen molar-refractivity contribution in [2.24, 2.45) is 11.8 Å². The molecular formula is C21H29ClF2N2O3. The predicted octanol–water partition coefficient (Wildman–Crippen LogP) is 3.98. The second-order valence-electron chi connectivity index (χ2n) is 7.98. The molecule has 29 heavy (non-hydrogen) atoms. The lowest BCUT2D eigenvalue weighted by Crippen LogP contribution is -2.44. The van der Waals surface area contributed by atoms with Crippen molar-refractivity contribution >= 4 is 24.7 Å².